The van der Waals surface area contributed by atoms with Crippen LogP contribution in [0.3, 0.4) is 0 Å². The number of aliphatic hydroxyl groups is 1. The lowest BCUT2D eigenvalue weighted by Crippen LogP contribution is -2.49. The lowest BCUT2D eigenvalue weighted by molar-refractivity contribution is -0.139. The number of amides is 1. The summed E-state index contributed by atoms with van der Waals surface area (Å²) in [5.41, 5.74) is 5.75. The maximum Gasteiger partial charge on any atom is 0.317 e. The Hall–Kier alpha value is -2.78. The molecule has 14 nitrogen and oxygen atoms in total. The highest BCUT2D eigenvalue weighted by molar-refractivity contribution is 5.78. The van der Waals surface area contributed by atoms with Crippen molar-refractivity contribution in [3.63, 3.8) is 0 Å². The van der Waals surface area contributed by atoms with Gasteiger partial charge in [0.15, 0.2) is 0 Å². The molecule has 1 aliphatic rings. The predicted octanol–water partition coefficient (Wildman–Crippen LogP) is -1.46. The highest BCUT2D eigenvalue weighted by atomic mass is 16.4. The highest BCUT2D eigenvalue weighted by Gasteiger charge is 2.20. The van der Waals surface area contributed by atoms with E-state index in [1.165, 1.54) is 0 Å². The van der Waals surface area contributed by atoms with Gasteiger partial charge < -0.3 is 31.5 Å². The van der Waals surface area contributed by atoms with Crippen molar-refractivity contribution in [3.8, 4) is 0 Å². The molecule has 1 fully saturated rings. The summed E-state index contributed by atoms with van der Waals surface area (Å²) in [4.78, 5) is 53.4. The molecule has 1 heterocycles. The van der Waals surface area contributed by atoms with Crippen LogP contribution in [0.4, 0.5) is 0 Å². The second kappa shape index (κ2) is 18.5. The molecular formula is C24H44N6O8. The number of nitrogens with zero attached hydrogens (tertiary/aromatic N) is 4. The summed E-state index contributed by atoms with van der Waals surface area (Å²) >= 11 is 0. The van der Waals surface area contributed by atoms with Crippen molar-refractivity contribution in [2.24, 2.45) is 5.73 Å². The number of nitrogens with one attached hydrogen (secondary N) is 1. The van der Waals surface area contributed by atoms with E-state index in [1.807, 2.05) is 9.80 Å². The Balaban J connectivity index is 2.73. The van der Waals surface area contributed by atoms with E-state index in [2.05, 4.69) is 11.9 Å². The normalized spacial score (nSPS) is 18.1. The van der Waals surface area contributed by atoms with E-state index in [-0.39, 0.29) is 44.3 Å². The largest absolute Gasteiger partial charge is 0.512 e. The van der Waals surface area contributed by atoms with Crippen molar-refractivity contribution in [2.75, 3.05) is 85.1 Å². The summed E-state index contributed by atoms with van der Waals surface area (Å²) in [6, 6.07) is -0.414. The van der Waals surface area contributed by atoms with Gasteiger partial charge in [-0.1, -0.05) is 13.0 Å². The third-order valence-corrected chi connectivity index (χ3v) is 6.18. The molecule has 1 aliphatic heterocycles. The van der Waals surface area contributed by atoms with Crippen LogP contribution in [0.1, 0.15) is 25.7 Å². The van der Waals surface area contributed by atoms with Crippen LogP contribution < -0.4 is 11.1 Å². The van der Waals surface area contributed by atoms with Crippen molar-refractivity contribution < 1.29 is 39.6 Å². The second-order valence-corrected chi connectivity index (χ2v) is 9.66. The second-order valence-electron chi connectivity index (χ2n) is 9.66. The minimum Gasteiger partial charge on any atom is -0.512 e. The topological polar surface area (TPSA) is 200 Å². The van der Waals surface area contributed by atoms with E-state index in [9.17, 15) is 34.5 Å². The van der Waals surface area contributed by atoms with Crippen LogP contribution in [0.2, 0.25) is 0 Å². The Morgan fingerprint density at radius 3 is 1.50 bits per heavy atom. The zero-order valence-corrected chi connectivity index (χ0v) is 22.1. The maximum absolute atomic E-state index is 12.6. The fourth-order valence-electron chi connectivity index (χ4n) is 4.20. The quantitative estimate of drug-likeness (QED) is 0.103. The molecule has 0 radical (unpaired) electrons. The first-order chi connectivity index (χ1) is 17.9. The zero-order valence-electron chi connectivity index (χ0n) is 22.1. The summed E-state index contributed by atoms with van der Waals surface area (Å²) in [6.07, 6.45) is 1.81. The van der Waals surface area contributed by atoms with Gasteiger partial charge in [0.1, 0.15) is 0 Å². The van der Waals surface area contributed by atoms with E-state index in [0.29, 0.717) is 78.2 Å². The van der Waals surface area contributed by atoms with Crippen LogP contribution in [0.15, 0.2) is 12.3 Å². The minimum absolute atomic E-state index is 0.0213. The van der Waals surface area contributed by atoms with E-state index in [1.54, 1.807) is 9.80 Å². The molecule has 0 saturated carbocycles. The number of carboxylic acids is 3. The monoisotopic (exact) mass is 544 g/mol. The standard InChI is InChI=1S/C24H44N6O8/c1-19(31)15-27-6-10-29(17-23(35)36)12-8-28(9-13-30(11-7-27)18-24(37)38)16-21(32)26-5-3-2-4-20(25)14-22(33)34/h20,31H,1-18,25H2,(H,26,32)(H,33,34)(H,35,36)(H,37,38). The number of aliphatic hydroxyl groups excluding tert-OH is 1. The lowest BCUT2D eigenvalue weighted by Gasteiger charge is -2.33. The number of hydrogen-bond acceptors (Lipinski definition) is 10. The molecule has 38 heavy (non-hydrogen) atoms. The Bertz CT molecular complexity index is 751. The Labute approximate surface area is 223 Å². The van der Waals surface area contributed by atoms with Crippen LogP contribution in [0.25, 0.3) is 0 Å². The molecular weight excluding hydrogens is 500 g/mol. The average molecular weight is 545 g/mol. The van der Waals surface area contributed by atoms with E-state index < -0.39 is 23.9 Å². The lowest BCUT2D eigenvalue weighted by atomic mass is 10.1. The third-order valence-electron chi connectivity index (χ3n) is 6.18. The Morgan fingerprint density at radius 1 is 0.684 bits per heavy atom. The van der Waals surface area contributed by atoms with Gasteiger partial charge in [0.05, 0.1) is 38.4 Å². The van der Waals surface area contributed by atoms with Crippen molar-refractivity contribution in [2.45, 2.75) is 31.7 Å². The molecule has 1 rings (SSSR count). The average Bonchev–Trinajstić information content (AvgIpc) is 2.79. The van der Waals surface area contributed by atoms with Crippen LogP contribution in [0.5, 0.6) is 0 Å². The van der Waals surface area contributed by atoms with Gasteiger partial charge in [0.2, 0.25) is 5.91 Å². The molecule has 0 aromatic heterocycles. The van der Waals surface area contributed by atoms with Crippen LogP contribution in [-0.4, -0.2) is 155 Å². The van der Waals surface area contributed by atoms with E-state index in [0.717, 1.165) is 0 Å². The van der Waals surface area contributed by atoms with Crippen LogP contribution in [-0.2, 0) is 19.2 Å². The fraction of sp³-hybridized carbons (Fsp3) is 0.750. The summed E-state index contributed by atoms with van der Waals surface area (Å²) in [5, 5.41) is 39.9. The highest BCUT2D eigenvalue weighted by Crippen LogP contribution is 2.04. The first-order valence-electron chi connectivity index (χ1n) is 12.9. The summed E-state index contributed by atoms with van der Waals surface area (Å²) < 4.78 is 0. The number of carbonyl (C=O) groups is 4. The number of carboxylic acid groups (broad SMARTS) is 3. The molecule has 1 atom stereocenters. The van der Waals surface area contributed by atoms with Crippen molar-refractivity contribution >= 4 is 23.8 Å². The molecule has 7 N–H and O–H groups in total. The number of rotatable bonds is 15. The summed E-state index contributed by atoms with van der Waals surface area (Å²) in [6.45, 7) is 7.30. The molecule has 14 heteroatoms. The first-order valence-corrected chi connectivity index (χ1v) is 12.9. The first kappa shape index (κ1) is 33.2. The minimum atomic E-state index is -0.963. The molecule has 0 aromatic carbocycles. The molecule has 0 spiro atoms. The van der Waals surface area contributed by atoms with Gasteiger partial charge in [-0.15, -0.1) is 0 Å². The zero-order chi connectivity index (χ0) is 28.5. The van der Waals surface area contributed by atoms with Gasteiger partial charge in [-0.2, -0.15) is 0 Å². The molecule has 0 bridgehead atoms. The van der Waals surface area contributed by atoms with E-state index >= 15 is 0 Å². The fourth-order valence-corrected chi connectivity index (χ4v) is 4.20. The van der Waals surface area contributed by atoms with Gasteiger partial charge in [-0.05, 0) is 12.8 Å². The van der Waals surface area contributed by atoms with Gasteiger partial charge in [0.25, 0.3) is 0 Å². The molecule has 1 saturated heterocycles. The van der Waals surface area contributed by atoms with Gasteiger partial charge in [0, 0.05) is 64.9 Å². The number of carbonyl (C=O) groups excluding carboxylic acids is 1. The SMILES string of the molecule is C=C(O)CN1CCN(CC(=O)O)CCN(CC(=O)NCCCCC(N)CC(=O)O)CCN(CC(=O)O)CC1. The number of nitrogens with two attached hydrogens (primary N) is 1. The maximum atomic E-state index is 12.6. The predicted molar refractivity (Wildman–Crippen MR) is 140 cm³/mol. The Morgan fingerprint density at radius 2 is 1.11 bits per heavy atom. The number of aliphatic carboxylic acids is 3. The third kappa shape index (κ3) is 16.9. The van der Waals surface area contributed by atoms with Crippen molar-refractivity contribution in [1.29, 1.82) is 0 Å². The van der Waals surface area contributed by atoms with Crippen LogP contribution >= 0.6 is 0 Å². The van der Waals surface area contributed by atoms with Crippen molar-refractivity contribution in [3.05, 3.63) is 12.3 Å². The molecule has 0 aliphatic carbocycles. The molecule has 0 aromatic rings. The number of unbranched alkanes of at least 4 members (excludes halogenated alkanes) is 1. The Kier molecular flexibility index (Phi) is 16.2. The summed E-state index contributed by atoms with van der Waals surface area (Å²) in [5.74, 6) is -3.08. The smallest absolute Gasteiger partial charge is 0.317 e. The number of hydrogen-bond donors (Lipinski definition) is 6. The molecule has 1 amide bonds. The molecule has 218 valence electrons. The molecule has 1 unspecified atom stereocenters. The van der Waals surface area contributed by atoms with Gasteiger partial charge >= 0.3 is 17.9 Å². The van der Waals surface area contributed by atoms with E-state index in [4.69, 9.17) is 10.8 Å². The van der Waals surface area contributed by atoms with Gasteiger partial charge in [-0.3, -0.25) is 38.8 Å². The van der Waals surface area contributed by atoms with Crippen LogP contribution in [0, 0.1) is 0 Å². The van der Waals surface area contributed by atoms with Gasteiger partial charge in [-0.25, -0.2) is 0 Å². The summed E-state index contributed by atoms with van der Waals surface area (Å²) in [7, 11) is 0. The van der Waals surface area contributed by atoms with Crippen molar-refractivity contribution in [1.82, 2.24) is 24.9 Å².